The van der Waals surface area contributed by atoms with Crippen LogP contribution in [0.1, 0.15) is 27.6 Å². The molecule has 64 valence electrons. The second-order valence-electron chi connectivity index (χ2n) is 3.97. The van der Waals surface area contributed by atoms with Gasteiger partial charge in [-0.25, -0.2) is 4.39 Å². The van der Waals surface area contributed by atoms with Crippen LogP contribution in [0.15, 0.2) is 11.9 Å². The van der Waals surface area contributed by atoms with Crippen LogP contribution in [0.5, 0.6) is 0 Å². The van der Waals surface area contributed by atoms with Crippen molar-refractivity contribution in [2.75, 3.05) is 13.1 Å². The van der Waals surface area contributed by atoms with Gasteiger partial charge in [0.1, 0.15) is 0 Å². The molecule has 0 aromatic carbocycles. The molecule has 0 aliphatic carbocycles. The highest BCUT2D eigenvalue weighted by molar-refractivity contribution is 5.17. The van der Waals surface area contributed by atoms with Gasteiger partial charge in [-0.3, -0.25) is 4.90 Å². The predicted molar refractivity (Wildman–Crippen MR) is 45.1 cm³/mol. The van der Waals surface area contributed by atoms with E-state index in [1.807, 2.05) is 0 Å². The van der Waals surface area contributed by atoms with Crippen molar-refractivity contribution in [2.45, 2.75) is 31.7 Å². The van der Waals surface area contributed by atoms with Crippen LogP contribution in [-0.4, -0.2) is 23.5 Å². The van der Waals surface area contributed by atoms with E-state index >= 15 is 0 Å². The maximum absolute atomic E-state index is 12.2. The summed E-state index contributed by atoms with van der Waals surface area (Å²) in [6, 6.07) is 0. The van der Waals surface area contributed by atoms with Gasteiger partial charge in [0.15, 0.2) is 0 Å². The molecule has 11 heavy (non-hydrogen) atoms. The van der Waals surface area contributed by atoms with E-state index in [-0.39, 0.29) is 1.43 Å². The largest absolute Gasteiger partial charge is 0.294 e. The highest BCUT2D eigenvalue weighted by Crippen LogP contribution is 2.40. The first-order chi connectivity index (χ1) is 5.24. The second kappa shape index (κ2) is 2.31. The Morgan fingerprint density at radius 2 is 2.55 bits per heavy atom. The number of hydrogen-bond donors (Lipinski definition) is 0. The van der Waals surface area contributed by atoms with E-state index in [1.54, 1.807) is 0 Å². The molecule has 0 spiro atoms. The summed E-state index contributed by atoms with van der Waals surface area (Å²) in [4.78, 5) is 2.40. The van der Waals surface area contributed by atoms with Gasteiger partial charge >= 0.3 is 0 Å². The molecule has 1 nitrogen and oxygen atoms in total. The molecule has 2 aliphatic rings. The van der Waals surface area contributed by atoms with Crippen LogP contribution >= 0.6 is 0 Å². The third kappa shape index (κ3) is 1.00. The molecule has 0 radical (unpaired) electrons. The van der Waals surface area contributed by atoms with E-state index in [1.165, 1.54) is 12.8 Å². The minimum absolute atomic E-state index is 0. The SMILES string of the molecule is C[C@@]12CCCN1C/C(=C/F)C2.[HH]. The number of halogens is 1. The van der Waals surface area contributed by atoms with Crippen molar-refractivity contribution >= 4 is 0 Å². The average Bonchev–Trinajstić information content (AvgIpc) is 2.42. The number of rotatable bonds is 0. The van der Waals surface area contributed by atoms with Gasteiger partial charge in [-0.1, -0.05) is 0 Å². The van der Waals surface area contributed by atoms with E-state index in [0.717, 1.165) is 31.4 Å². The molecule has 2 heterocycles. The van der Waals surface area contributed by atoms with Crippen LogP contribution in [0, 0.1) is 0 Å². The molecule has 0 saturated carbocycles. The fourth-order valence-electron chi connectivity index (χ4n) is 2.41. The first-order valence-electron chi connectivity index (χ1n) is 4.28. The molecule has 0 N–H and O–H groups in total. The number of hydrogen-bond acceptors (Lipinski definition) is 1. The fourth-order valence-corrected chi connectivity index (χ4v) is 2.41. The van der Waals surface area contributed by atoms with Crippen molar-refractivity contribution in [3.63, 3.8) is 0 Å². The zero-order chi connectivity index (χ0) is 7.90. The average molecular weight is 157 g/mol. The Hall–Kier alpha value is -0.370. The molecule has 2 heteroatoms. The van der Waals surface area contributed by atoms with Crippen molar-refractivity contribution in [1.82, 2.24) is 4.90 Å². The first-order valence-corrected chi connectivity index (χ1v) is 4.28. The highest BCUT2D eigenvalue weighted by Gasteiger charge is 2.42. The Labute approximate surface area is 68.4 Å². The molecule has 0 bridgehead atoms. The van der Waals surface area contributed by atoms with Crippen molar-refractivity contribution in [3.05, 3.63) is 11.9 Å². The molecular weight excluding hydrogens is 141 g/mol. The van der Waals surface area contributed by atoms with Gasteiger partial charge < -0.3 is 0 Å². The maximum Gasteiger partial charge on any atom is 0.0872 e. The maximum atomic E-state index is 12.2. The number of fused-ring (bicyclic) bond motifs is 1. The van der Waals surface area contributed by atoms with E-state index < -0.39 is 0 Å². The summed E-state index contributed by atoms with van der Waals surface area (Å²) in [5.74, 6) is 0. The normalized spacial score (nSPS) is 41.8. The fraction of sp³-hybridized carbons (Fsp3) is 0.778. The van der Waals surface area contributed by atoms with E-state index in [2.05, 4.69) is 11.8 Å². The Morgan fingerprint density at radius 1 is 1.73 bits per heavy atom. The minimum Gasteiger partial charge on any atom is -0.294 e. The van der Waals surface area contributed by atoms with Gasteiger partial charge in [0.05, 0.1) is 6.33 Å². The Balaban J connectivity index is 0.000000720. The summed E-state index contributed by atoms with van der Waals surface area (Å²) in [5, 5.41) is 0. The van der Waals surface area contributed by atoms with Gasteiger partial charge in [-0.2, -0.15) is 0 Å². The summed E-state index contributed by atoms with van der Waals surface area (Å²) in [5.41, 5.74) is 1.28. The molecule has 2 fully saturated rings. The Kier molecular flexibility index (Phi) is 1.53. The molecular formula is C9H16FN. The van der Waals surface area contributed by atoms with Crippen LogP contribution in [-0.2, 0) is 0 Å². The molecule has 0 aromatic heterocycles. The summed E-state index contributed by atoms with van der Waals surface area (Å²) < 4.78 is 12.2. The lowest BCUT2D eigenvalue weighted by atomic mass is 9.96. The number of nitrogens with zero attached hydrogens (tertiary/aromatic N) is 1. The molecule has 2 saturated heterocycles. The summed E-state index contributed by atoms with van der Waals surface area (Å²) in [6.07, 6.45) is 4.27. The lowest BCUT2D eigenvalue weighted by Crippen LogP contribution is -2.34. The Bertz CT molecular complexity index is 205. The van der Waals surface area contributed by atoms with Crippen molar-refractivity contribution < 1.29 is 5.82 Å². The molecule has 0 aromatic rings. The van der Waals surface area contributed by atoms with Crippen molar-refractivity contribution in [3.8, 4) is 0 Å². The van der Waals surface area contributed by atoms with Crippen LogP contribution in [0.2, 0.25) is 0 Å². The molecule has 0 unspecified atom stereocenters. The second-order valence-corrected chi connectivity index (χ2v) is 3.97. The smallest absolute Gasteiger partial charge is 0.0872 e. The van der Waals surface area contributed by atoms with Gasteiger partial charge in [-0.05, 0) is 38.3 Å². The summed E-state index contributed by atoms with van der Waals surface area (Å²) in [7, 11) is 0. The van der Waals surface area contributed by atoms with Crippen LogP contribution in [0.25, 0.3) is 0 Å². The predicted octanol–water partition coefficient (Wildman–Crippen LogP) is 2.34. The summed E-state index contributed by atoms with van der Waals surface area (Å²) in [6.45, 7) is 4.28. The third-order valence-electron chi connectivity index (χ3n) is 3.06. The van der Waals surface area contributed by atoms with Gasteiger partial charge in [-0.15, -0.1) is 0 Å². The topological polar surface area (TPSA) is 3.24 Å². The zero-order valence-electron chi connectivity index (χ0n) is 6.94. The standard InChI is InChI=1S/C9H14FN.H2/c1-9-3-2-4-11(9)7-8(5-9)6-10;/h6H,2-5,7H2,1H3;1H/b8-6+;/t9-;/m0./s1. The van der Waals surface area contributed by atoms with E-state index in [4.69, 9.17) is 0 Å². The van der Waals surface area contributed by atoms with Crippen molar-refractivity contribution in [2.24, 2.45) is 0 Å². The zero-order valence-corrected chi connectivity index (χ0v) is 6.94. The highest BCUT2D eigenvalue weighted by atomic mass is 19.1. The Morgan fingerprint density at radius 3 is 3.18 bits per heavy atom. The van der Waals surface area contributed by atoms with Crippen LogP contribution in [0.3, 0.4) is 0 Å². The minimum atomic E-state index is 0. The van der Waals surface area contributed by atoms with Gasteiger partial charge in [0, 0.05) is 13.5 Å². The van der Waals surface area contributed by atoms with Crippen LogP contribution < -0.4 is 0 Å². The summed E-state index contributed by atoms with van der Waals surface area (Å²) >= 11 is 0. The first kappa shape index (κ1) is 7.29. The molecule has 2 aliphatic heterocycles. The monoisotopic (exact) mass is 157 g/mol. The van der Waals surface area contributed by atoms with Gasteiger partial charge in [0.2, 0.25) is 0 Å². The molecule has 1 atom stereocenters. The lowest BCUT2D eigenvalue weighted by molar-refractivity contribution is 0.218. The molecule has 0 amide bonds. The molecule has 2 rings (SSSR count). The lowest BCUT2D eigenvalue weighted by Gasteiger charge is -2.25. The van der Waals surface area contributed by atoms with Gasteiger partial charge in [0.25, 0.3) is 0 Å². The van der Waals surface area contributed by atoms with E-state index in [9.17, 15) is 4.39 Å². The van der Waals surface area contributed by atoms with Crippen molar-refractivity contribution in [1.29, 1.82) is 0 Å². The third-order valence-corrected chi connectivity index (χ3v) is 3.06. The quantitative estimate of drug-likeness (QED) is 0.521. The van der Waals surface area contributed by atoms with Crippen LogP contribution in [0.4, 0.5) is 4.39 Å². The van der Waals surface area contributed by atoms with E-state index in [0.29, 0.717) is 5.54 Å².